The zero-order chi connectivity index (χ0) is 26.3. The molecule has 2 aromatic heterocycles. The molecule has 3 aromatic rings. The number of alkyl halides is 3. The number of benzene rings is 1. The van der Waals surface area contributed by atoms with E-state index in [0.29, 0.717) is 30.2 Å². The van der Waals surface area contributed by atoms with Crippen LogP contribution in [0.3, 0.4) is 0 Å². The Bertz CT molecular complexity index is 1290. The Balaban J connectivity index is 1.62. The van der Waals surface area contributed by atoms with E-state index in [9.17, 15) is 18.0 Å². The summed E-state index contributed by atoms with van der Waals surface area (Å²) < 4.78 is 48.3. The second-order valence-electron chi connectivity index (χ2n) is 10.2. The first kappa shape index (κ1) is 25.7. The molecule has 4 rings (SSSR count). The largest absolute Gasteiger partial charge is 0.444 e. The maximum Gasteiger partial charge on any atom is 0.416 e. The van der Waals surface area contributed by atoms with Crippen LogP contribution >= 0.6 is 0 Å². The summed E-state index contributed by atoms with van der Waals surface area (Å²) >= 11 is 0. The number of amides is 1. The highest BCUT2D eigenvalue weighted by Gasteiger charge is 2.31. The van der Waals surface area contributed by atoms with Crippen molar-refractivity contribution >= 4 is 29.0 Å². The highest BCUT2D eigenvalue weighted by atomic mass is 19.4. The maximum atomic E-state index is 13.0. The Morgan fingerprint density at radius 2 is 1.83 bits per heavy atom. The van der Waals surface area contributed by atoms with E-state index >= 15 is 0 Å². The first-order valence-corrected chi connectivity index (χ1v) is 11.9. The minimum Gasteiger partial charge on any atom is -0.444 e. The van der Waals surface area contributed by atoms with Crippen LogP contribution in [-0.2, 0) is 18.0 Å². The zero-order valence-electron chi connectivity index (χ0n) is 21.1. The van der Waals surface area contributed by atoms with Gasteiger partial charge in [0.25, 0.3) is 0 Å². The zero-order valence-corrected chi connectivity index (χ0v) is 21.1. The van der Waals surface area contributed by atoms with E-state index in [0.717, 1.165) is 35.9 Å². The van der Waals surface area contributed by atoms with Crippen molar-refractivity contribution in [1.82, 2.24) is 19.7 Å². The Morgan fingerprint density at radius 3 is 2.47 bits per heavy atom. The van der Waals surface area contributed by atoms with Gasteiger partial charge in [-0.1, -0.05) is 12.1 Å². The average molecular weight is 503 g/mol. The van der Waals surface area contributed by atoms with Crippen molar-refractivity contribution in [3.05, 3.63) is 42.1 Å². The molecule has 0 aliphatic carbocycles. The van der Waals surface area contributed by atoms with Gasteiger partial charge in [0.05, 0.1) is 23.9 Å². The number of carbonyl (C=O) groups is 1. The van der Waals surface area contributed by atoms with Gasteiger partial charge >= 0.3 is 18.1 Å². The first-order valence-electron chi connectivity index (χ1n) is 11.9. The molecule has 1 amide bonds. The number of aryl methyl sites for hydroxylation is 1. The minimum atomic E-state index is -4.40. The molecular weight excluding hydrogens is 471 g/mol. The van der Waals surface area contributed by atoms with E-state index in [-0.39, 0.29) is 12.0 Å². The van der Waals surface area contributed by atoms with Gasteiger partial charge in [0, 0.05) is 43.2 Å². The van der Waals surface area contributed by atoms with Crippen LogP contribution in [-0.4, -0.2) is 62.3 Å². The molecule has 1 aliphatic rings. The Hall–Kier alpha value is -3.43. The van der Waals surface area contributed by atoms with Gasteiger partial charge in [-0.25, -0.2) is 9.37 Å². The Labute approximate surface area is 208 Å². The van der Waals surface area contributed by atoms with Crippen LogP contribution in [0.5, 0.6) is 0 Å². The van der Waals surface area contributed by atoms with Crippen LogP contribution in [0.15, 0.2) is 36.5 Å². The van der Waals surface area contributed by atoms with Crippen molar-refractivity contribution in [3.8, 4) is 11.3 Å². The molecule has 3 heterocycles. The van der Waals surface area contributed by atoms with Crippen molar-refractivity contribution < 1.29 is 27.3 Å². The normalized spacial score (nSPS) is 17.5. The third-order valence-corrected chi connectivity index (χ3v) is 6.15. The van der Waals surface area contributed by atoms with Crippen LogP contribution in [0.2, 0.25) is 0 Å². The number of carbonyl (C=O) groups excluding carboxylic acids is 1. The summed E-state index contributed by atoms with van der Waals surface area (Å²) in [5.41, 5.74) is 0.642. The van der Waals surface area contributed by atoms with Crippen molar-refractivity contribution in [2.75, 3.05) is 20.1 Å². The molecule has 1 saturated heterocycles. The summed E-state index contributed by atoms with van der Waals surface area (Å²) in [6.45, 7) is 6.76. The standard InChI is InChI=1S/C26H31F3N5O2/c1-25(2,3)36-24(35)34-13-6-7-17(16-34)15-33(5)23-22-20(12-14-32(22)4)21(30-31-23)18-8-10-19(11-9-18)26(27,28)29/h8-12,14-15,17H,6-7,13,16H2,1-5H3/q+1/b33-15+. The van der Waals surface area contributed by atoms with E-state index in [1.54, 1.807) is 4.90 Å². The molecule has 1 atom stereocenters. The van der Waals surface area contributed by atoms with Crippen LogP contribution in [0, 0.1) is 5.92 Å². The molecule has 1 aliphatic heterocycles. The molecule has 36 heavy (non-hydrogen) atoms. The third kappa shape index (κ3) is 5.52. The molecule has 7 nitrogen and oxygen atoms in total. The third-order valence-electron chi connectivity index (χ3n) is 6.15. The van der Waals surface area contributed by atoms with Crippen molar-refractivity contribution in [2.24, 2.45) is 13.0 Å². The molecule has 0 saturated carbocycles. The van der Waals surface area contributed by atoms with Gasteiger partial charge in [0.1, 0.15) is 16.8 Å². The van der Waals surface area contributed by atoms with Gasteiger partial charge in [-0.05, 0) is 56.9 Å². The lowest BCUT2D eigenvalue weighted by atomic mass is 9.99. The lowest BCUT2D eigenvalue weighted by Gasteiger charge is -2.32. The van der Waals surface area contributed by atoms with Crippen LogP contribution in [0.25, 0.3) is 22.2 Å². The average Bonchev–Trinajstić information content (AvgIpc) is 3.19. The molecule has 0 spiro atoms. The Kier molecular flexibility index (Phi) is 6.81. The van der Waals surface area contributed by atoms with Gasteiger partial charge in [0.2, 0.25) is 0 Å². The number of likely N-dealkylation sites (tertiary alicyclic amines) is 1. The summed E-state index contributed by atoms with van der Waals surface area (Å²) in [5, 5.41) is 9.63. The minimum absolute atomic E-state index is 0.114. The summed E-state index contributed by atoms with van der Waals surface area (Å²) in [4.78, 5) is 14.3. The number of ether oxygens (including phenoxy) is 1. The summed E-state index contributed by atoms with van der Waals surface area (Å²) in [6, 6.07) is 6.83. The van der Waals surface area contributed by atoms with Gasteiger partial charge in [-0.15, -0.1) is 0 Å². The van der Waals surface area contributed by atoms with Crippen LogP contribution in [0.4, 0.5) is 23.8 Å². The number of nitrogens with zero attached hydrogens (tertiary/aromatic N) is 5. The van der Waals surface area contributed by atoms with E-state index in [4.69, 9.17) is 4.74 Å². The van der Waals surface area contributed by atoms with Gasteiger partial charge in [0.15, 0.2) is 0 Å². The SMILES string of the molecule is Cn1ccc2c(-c3ccc(C(F)(F)F)cc3)nnc(/[N+](C)=C/C3CCCN(C(=O)OC(C)(C)C)C3)c21. The molecular formula is C26H31F3N5O2+. The summed E-state index contributed by atoms with van der Waals surface area (Å²) in [6.07, 6.45) is 1.01. The lowest BCUT2D eigenvalue weighted by molar-refractivity contribution is -0.406. The maximum absolute atomic E-state index is 13.0. The lowest BCUT2D eigenvalue weighted by Crippen LogP contribution is -2.43. The highest BCUT2D eigenvalue weighted by molar-refractivity contribution is 5.97. The molecule has 10 heteroatoms. The fraction of sp³-hybridized carbons (Fsp3) is 0.462. The van der Waals surface area contributed by atoms with Gasteiger partial charge in [-0.3, -0.25) is 0 Å². The monoisotopic (exact) mass is 502 g/mol. The number of halogens is 3. The topological polar surface area (TPSA) is 63.3 Å². The van der Waals surface area contributed by atoms with Crippen molar-refractivity contribution in [2.45, 2.75) is 45.4 Å². The highest BCUT2D eigenvalue weighted by Crippen LogP contribution is 2.34. The predicted octanol–water partition coefficient (Wildman–Crippen LogP) is 5.65. The molecule has 1 aromatic carbocycles. The predicted molar refractivity (Wildman–Crippen MR) is 131 cm³/mol. The quantitative estimate of drug-likeness (QED) is 0.343. The smallest absolute Gasteiger partial charge is 0.416 e. The second kappa shape index (κ2) is 9.55. The number of aromatic nitrogens is 3. The molecule has 1 unspecified atom stereocenters. The summed E-state index contributed by atoms with van der Waals surface area (Å²) in [7, 11) is 3.78. The number of hydrogen-bond acceptors (Lipinski definition) is 4. The number of rotatable bonds is 3. The van der Waals surface area contributed by atoms with Crippen molar-refractivity contribution in [1.29, 1.82) is 0 Å². The van der Waals surface area contributed by atoms with Crippen LogP contribution in [0.1, 0.15) is 39.2 Å². The fourth-order valence-electron chi connectivity index (χ4n) is 4.48. The second-order valence-corrected chi connectivity index (χ2v) is 10.2. The van der Waals surface area contributed by atoms with Crippen LogP contribution < -0.4 is 0 Å². The number of piperidine rings is 1. The fourth-order valence-corrected chi connectivity index (χ4v) is 4.48. The van der Waals surface area contributed by atoms with Crippen molar-refractivity contribution in [3.63, 3.8) is 0 Å². The van der Waals surface area contributed by atoms with E-state index in [2.05, 4.69) is 10.2 Å². The molecule has 192 valence electrons. The van der Waals surface area contributed by atoms with Gasteiger partial charge in [-0.2, -0.15) is 13.2 Å². The Morgan fingerprint density at radius 1 is 1.14 bits per heavy atom. The molecule has 0 N–H and O–H groups in total. The molecule has 1 fully saturated rings. The first-order chi connectivity index (χ1) is 16.8. The van der Waals surface area contributed by atoms with Gasteiger partial charge < -0.3 is 14.2 Å². The number of hydrogen-bond donors (Lipinski definition) is 0. The summed E-state index contributed by atoms with van der Waals surface area (Å²) in [5.74, 6) is 0.741. The number of fused-ring (bicyclic) bond motifs is 1. The van der Waals surface area contributed by atoms with E-state index in [1.165, 1.54) is 12.1 Å². The van der Waals surface area contributed by atoms with E-state index in [1.807, 2.05) is 62.5 Å². The molecule has 0 bridgehead atoms. The van der Waals surface area contributed by atoms with E-state index < -0.39 is 17.3 Å². The molecule has 0 radical (unpaired) electrons.